The van der Waals surface area contributed by atoms with Gasteiger partial charge in [-0.05, 0) is 126 Å². The Morgan fingerprint density at radius 1 is 0.730 bits per heavy atom. The number of hydrogen-bond acceptors (Lipinski definition) is 3. The SMILES string of the molecule is C=CCC1CCC(C2CCC(CCCOC3CCC(C4OCC(CCC=C(F)F)CO4)CC3)CC2)CC1. The van der Waals surface area contributed by atoms with Crippen molar-refractivity contribution < 1.29 is 23.0 Å². The third-order valence-corrected chi connectivity index (χ3v) is 10.0. The summed E-state index contributed by atoms with van der Waals surface area (Å²) in [5, 5.41) is 0. The van der Waals surface area contributed by atoms with Crippen molar-refractivity contribution in [3.05, 3.63) is 24.8 Å². The molecule has 1 saturated heterocycles. The highest BCUT2D eigenvalue weighted by molar-refractivity contribution is 4.85. The Kier molecular flexibility index (Phi) is 12.4. The Balaban J connectivity index is 1.00. The summed E-state index contributed by atoms with van der Waals surface area (Å²) in [6.07, 6.45) is 22.6. The molecule has 0 aromatic carbocycles. The van der Waals surface area contributed by atoms with Crippen molar-refractivity contribution in [3.63, 3.8) is 0 Å². The minimum absolute atomic E-state index is 0.122. The lowest BCUT2D eigenvalue weighted by atomic mass is 9.68. The van der Waals surface area contributed by atoms with Crippen LogP contribution in [0.2, 0.25) is 0 Å². The molecule has 0 aromatic heterocycles. The van der Waals surface area contributed by atoms with E-state index in [-0.39, 0.29) is 12.2 Å². The number of rotatable bonds is 12. The monoisotopic (exact) mass is 522 g/mol. The first-order valence-corrected chi connectivity index (χ1v) is 15.6. The Morgan fingerprint density at radius 3 is 1.92 bits per heavy atom. The summed E-state index contributed by atoms with van der Waals surface area (Å²) in [6.45, 7) is 6.09. The first-order valence-electron chi connectivity index (χ1n) is 15.6. The topological polar surface area (TPSA) is 27.7 Å². The summed E-state index contributed by atoms with van der Waals surface area (Å²) >= 11 is 0. The smallest absolute Gasteiger partial charge is 0.266 e. The van der Waals surface area contributed by atoms with E-state index < -0.39 is 6.08 Å². The first kappa shape index (κ1) is 29.2. The zero-order chi connectivity index (χ0) is 25.9. The second-order valence-electron chi connectivity index (χ2n) is 12.6. The van der Waals surface area contributed by atoms with Crippen LogP contribution in [-0.4, -0.2) is 32.2 Å². The number of hydrogen-bond donors (Lipinski definition) is 0. The standard InChI is InChI=1S/C32H52F2O3/c1-2-5-24-9-13-27(14-10-24)28-15-11-25(12-16-28)7-4-21-35-30-19-17-29(18-20-30)32-36-22-26(23-37-32)6-3-8-31(33)34/h2,8,24-30,32H,1,3-7,9-23H2. The van der Waals surface area contributed by atoms with E-state index in [2.05, 4.69) is 12.7 Å². The van der Waals surface area contributed by atoms with Crippen LogP contribution in [0.4, 0.5) is 8.78 Å². The maximum Gasteiger partial charge on any atom is 0.266 e. The minimum atomic E-state index is -1.59. The second kappa shape index (κ2) is 15.7. The van der Waals surface area contributed by atoms with Crippen LogP contribution >= 0.6 is 0 Å². The van der Waals surface area contributed by atoms with E-state index in [1.807, 2.05) is 0 Å². The molecule has 37 heavy (non-hydrogen) atoms. The van der Waals surface area contributed by atoms with Gasteiger partial charge in [-0.3, -0.25) is 0 Å². The van der Waals surface area contributed by atoms with Gasteiger partial charge in [0, 0.05) is 18.4 Å². The predicted octanol–water partition coefficient (Wildman–Crippen LogP) is 9.08. The van der Waals surface area contributed by atoms with Crippen LogP contribution in [0.25, 0.3) is 0 Å². The van der Waals surface area contributed by atoms with E-state index in [0.717, 1.165) is 62.0 Å². The molecule has 4 aliphatic rings. The van der Waals surface area contributed by atoms with E-state index in [4.69, 9.17) is 14.2 Å². The second-order valence-corrected chi connectivity index (χ2v) is 12.6. The summed E-state index contributed by atoms with van der Waals surface area (Å²) in [5.74, 6) is 4.50. The van der Waals surface area contributed by atoms with Crippen LogP contribution in [0, 0.1) is 35.5 Å². The summed E-state index contributed by atoms with van der Waals surface area (Å²) in [5.41, 5.74) is 0. The van der Waals surface area contributed by atoms with Crippen molar-refractivity contribution in [2.45, 2.75) is 122 Å². The number of allylic oxidation sites excluding steroid dienone is 2. The minimum Gasteiger partial charge on any atom is -0.378 e. The van der Waals surface area contributed by atoms with Crippen LogP contribution in [0.3, 0.4) is 0 Å². The normalized spacial score (nSPS) is 37.1. The highest BCUT2D eigenvalue weighted by Crippen LogP contribution is 2.43. The van der Waals surface area contributed by atoms with Crippen LogP contribution < -0.4 is 0 Å². The zero-order valence-electron chi connectivity index (χ0n) is 23.1. The molecular formula is C32H52F2O3. The van der Waals surface area contributed by atoms with Gasteiger partial charge in [-0.25, -0.2) is 0 Å². The van der Waals surface area contributed by atoms with Gasteiger partial charge >= 0.3 is 0 Å². The van der Waals surface area contributed by atoms with Crippen molar-refractivity contribution in [1.82, 2.24) is 0 Å². The lowest BCUT2D eigenvalue weighted by Gasteiger charge is -2.38. The highest BCUT2D eigenvalue weighted by Gasteiger charge is 2.33. The van der Waals surface area contributed by atoms with Crippen molar-refractivity contribution in [2.75, 3.05) is 19.8 Å². The van der Waals surface area contributed by atoms with E-state index in [0.29, 0.717) is 38.1 Å². The average molecular weight is 523 g/mol. The fraction of sp³-hybridized carbons (Fsp3) is 0.875. The van der Waals surface area contributed by atoms with Gasteiger partial charge in [0.2, 0.25) is 0 Å². The first-order chi connectivity index (χ1) is 18.1. The van der Waals surface area contributed by atoms with E-state index in [9.17, 15) is 8.78 Å². The molecule has 3 nitrogen and oxygen atoms in total. The molecule has 0 radical (unpaired) electrons. The van der Waals surface area contributed by atoms with E-state index in [1.165, 1.54) is 70.6 Å². The quantitative estimate of drug-likeness (QED) is 0.189. The summed E-state index contributed by atoms with van der Waals surface area (Å²) in [6, 6.07) is 0. The van der Waals surface area contributed by atoms with Crippen molar-refractivity contribution in [3.8, 4) is 0 Å². The molecule has 3 saturated carbocycles. The zero-order valence-corrected chi connectivity index (χ0v) is 23.1. The van der Waals surface area contributed by atoms with Crippen molar-refractivity contribution in [1.29, 1.82) is 0 Å². The fourth-order valence-corrected chi connectivity index (χ4v) is 7.65. The summed E-state index contributed by atoms with van der Waals surface area (Å²) in [4.78, 5) is 0. The molecule has 0 amide bonds. The maximum atomic E-state index is 12.2. The average Bonchev–Trinajstić information content (AvgIpc) is 2.93. The molecule has 0 unspecified atom stereocenters. The van der Waals surface area contributed by atoms with Gasteiger partial charge in [-0.15, -0.1) is 6.58 Å². The molecule has 1 aliphatic heterocycles. The van der Waals surface area contributed by atoms with Gasteiger partial charge in [0.25, 0.3) is 6.08 Å². The molecule has 0 N–H and O–H groups in total. The molecule has 0 spiro atoms. The van der Waals surface area contributed by atoms with E-state index >= 15 is 0 Å². The lowest BCUT2D eigenvalue weighted by molar-refractivity contribution is -0.231. The number of ether oxygens (including phenoxy) is 3. The van der Waals surface area contributed by atoms with Gasteiger partial charge in [0.15, 0.2) is 6.29 Å². The van der Waals surface area contributed by atoms with Gasteiger partial charge in [-0.1, -0.05) is 18.9 Å². The Morgan fingerprint density at radius 2 is 1.32 bits per heavy atom. The highest BCUT2D eigenvalue weighted by atomic mass is 19.3. The van der Waals surface area contributed by atoms with Gasteiger partial charge < -0.3 is 14.2 Å². The largest absolute Gasteiger partial charge is 0.378 e. The van der Waals surface area contributed by atoms with Gasteiger partial charge in [0.05, 0.1) is 19.3 Å². The molecule has 1 heterocycles. The Bertz CT molecular complexity index is 662. The number of halogens is 2. The summed E-state index contributed by atoms with van der Waals surface area (Å²) < 4.78 is 42.6. The molecule has 3 aliphatic carbocycles. The van der Waals surface area contributed by atoms with Gasteiger partial charge in [-0.2, -0.15) is 8.78 Å². The summed E-state index contributed by atoms with van der Waals surface area (Å²) in [7, 11) is 0. The van der Waals surface area contributed by atoms with Crippen molar-refractivity contribution in [2.24, 2.45) is 35.5 Å². The molecule has 5 heteroatoms. The molecule has 212 valence electrons. The third-order valence-electron chi connectivity index (χ3n) is 10.0. The van der Waals surface area contributed by atoms with E-state index in [1.54, 1.807) is 0 Å². The Labute approximate surface area is 224 Å². The predicted molar refractivity (Wildman–Crippen MR) is 145 cm³/mol. The lowest BCUT2D eigenvalue weighted by Crippen LogP contribution is -2.39. The molecule has 0 atom stereocenters. The molecule has 0 aromatic rings. The molecule has 0 bridgehead atoms. The Hall–Kier alpha value is -0.780. The third kappa shape index (κ3) is 9.72. The van der Waals surface area contributed by atoms with Gasteiger partial charge in [0.1, 0.15) is 0 Å². The van der Waals surface area contributed by atoms with Crippen LogP contribution in [0.1, 0.15) is 109 Å². The molecular weight excluding hydrogens is 470 g/mol. The molecule has 4 fully saturated rings. The van der Waals surface area contributed by atoms with Crippen LogP contribution in [-0.2, 0) is 14.2 Å². The van der Waals surface area contributed by atoms with Crippen LogP contribution in [0.15, 0.2) is 24.8 Å². The molecule has 4 rings (SSSR count). The fourth-order valence-electron chi connectivity index (χ4n) is 7.65. The maximum absolute atomic E-state index is 12.2. The van der Waals surface area contributed by atoms with Crippen molar-refractivity contribution >= 4 is 0 Å². The van der Waals surface area contributed by atoms with Crippen LogP contribution in [0.5, 0.6) is 0 Å².